The van der Waals surface area contributed by atoms with Gasteiger partial charge in [0.25, 0.3) is 0 Å². The van der Waals surface area contributed by atoms with Crippen LogP contribution in [0.4, 0.5) is 11.5 Å². The first-order chi connectivity index (χ1) is 10.1. The Bertz CT molecular complexity index is 592. The first kappa shape index (κ1) is 15.4. The quantitative estimate of drug-likeness (QED) is 0.889. The van der Waals surface area contributed by atoms with Crippen molar-refractivity contribution >= 4 is 29.2 Å². The number of hydrogen-bond donors (Lipinski definition) is 1. The van der Waals surface area contributed by atoms with Gasteiger partial charge >= 0.3 is 0 Å². The van der Waals surface area contributed by atoms with Gasteiger partial charge in [0, 0.05) is 25.8 Å². The summed E-state index contributed by atoms with van der Waals surface area (Å²) in [6.45, 7) is 0.635. The highest BCUT2D eigenvalue weighted by Crippen LogP contribution is 2.15. The summed E-state index contributed by atoms with van der Waals surface area (Å²) in [6, 6.07) is 10.1. The number of rotatable bonds is 6. The third-order valence-corrected chi connectivity index (χ3v) is 3.60. The molecule has 2 rings (SSSR count). The Hall–Kier alpha value is -1.95. The first-order valence-corrected chi connectivity index (χ1v) is 8.06. The van der Waals surface area contributed by atoms with Crippen molar-refractivity contribution in [2.24, 2.45) is 0 Å². The molecule has 0 atom stereocenters. The summed E-state index contributed by atoms with van der Waals surface area (Å²) >= 11 is 1.50. The van der Waals surface area contributed by atoms with Crippen LogP contribution in [0.3, 0.4) is 0 Å². The van der Waals surface area contributed by atoms with Crippen molar-refractivity contribution < 1.29 is 4.79 Å². The SMILES string of the molecule is CSCC(=O)Nc1ccnn1Cc1ccc(N(C)C)cc1. The first-order valence-electron chi connectivity index (χ1n) is 6.67. The topological polar surface area (TPSA) is 50.2 Å². The largest absolute Gasteiger partial charge is 0.378 e. The average molecular weight is 304 g/mol. The molecular weight excluding hydrogens is 284 g/mol. The number of anilines is 2. The molecule has 0 bridgehead atoms. The highest BCUT2D eigenvalue weighted by atomic mass is 32.2. The molecule has 21 heavy (non-hydrogen) atoms. The van der Waals surface area contributed by atoms with Crippen molar-refractivity contribution in [1.29, 1.82) is 0 Å². The summed E-state index contributed by atoms with van der Waals surface area (Å²) in [5.41, 5.74) is 2.30. The predicted octanol–water partition coefficient (Wildman–Crippen LogP) is 2.30. The molecule has 1 aromatic carbocycles. The lowest BCUT2D eigenvalue weighted by Gasteiger charge is -2.13. The highest BCUT2D eigenvalue weighted by molar-refractivity contribution is 7.99. The Labute approximate surface area is 129 Å². The van der Waals surface area contributed by atoms with Crippen LogP contribution in [0, 0.1) is 0 Å². The lowest BCUT2D eigenvalue weighted by molar-refractivity contribution is -0.113. The maximum atomic E-state index is 11.7. The van der Waals surface area contributed by atoms with Gasteiger partial charge in [-0.05, 0) is 24.0 Å². The summed E-state index contributed by atoms with van der Waals surface area (Å²) in [6.07, 6.45) is 3.60. The molecule has 1 aromatic heterocycles. The number of carbonyl (C=O) groups excluding carboxylic acids is 1. The third-order valence-electron chi connectivity index (χ3n) is 3.04. The molecular formula is C15H20N4OS. The molecule has 5 nitrogen and oxygen atoms in total. The molecule has 112 valence electrons. The molecule has 1 heterocycles. The number of hydrogen-bond acceptors (Lipinski definition) is 4. The predicted molar refractivity (Wildman–Crippen MR) is 89.1 cm³/mol. The number of nitrogens with one attached hydrogen (secondary N) is 1. The molecule has 2 aromatic rings. The molecule has 1 amide bonds. The van der Waals surface area contributed by atoms with Crippen molar-refractivity contribution in [3.63, 3.8) is 0 Å². The fourth-order valence-electron chi connectivity index (χ4n) is 1.95. The second-order valence-electron chi connectivity index (χ2n) is 4.92. The van der Waals surface area contributed by atoms with E-state index < -0.39 is 0 Å². The molecule has 0 spiro atoms. The van der Waals surface area contributed by atoms with Gasteiger partial charge in [-0.15, -0.1) is 0 Å². The van der Waals surface area contributed by atoms with E-state index in [1.807, 2.05) is 26.4 Å². The Kier molecular flexibility index (Phi) is 5.27. The van der Waals surface area contributed by atoms with Crippen molar-refractivity contribution in [1.82, 2.24) is 9.78 Å². The van der Waals surface area contributed by atoms with Gasteiger partial charge in [-0.25, -0.2) is 4.68 Å². The number of benzene rings is 1. The van der Waals surface area contributed by atoms with Crippen LogP contribution < -0.4 is 10.2 Å². The molecule has 0 unspecified atom stereocenters. The zero-order valence-electron chi connectivity index (χ0n) is 12.5. The molecule has 0 aliphatic rings. The minimum Gasteiger partial charge on any atom is -0.378 e. The van der Waals surface area contributed by atoms with Gasteiger partial charge in [-0.3, -0.25) is 4.79 Å². The zero-order chi connectivity index (χ0) is 15.2. The van der Waals surface area contributed by atoms with E-state index in [2.05, 4.69) is 39.6 Å². The minimum atomic E-state index is -0.00722. The number of aromatic nitrogens is 2. The van der Waals surface area contributed by atoms with E-state index in [1.54, 1.807) is 10.9 Å². The lowest BCUT2D eigenvalue weighted by atomic mass is 10.2. The molecule has 0 aliphatic heterocycles. The summed E-state index contributed by atoms with van der Waals surface area (Å²) in [5.74, 6) is 1.17. The second kappa shape index (κ2) is 7.17. The number of thioether (sulfide) groups is 1. The van der Waals surface area contributed by atoms with E-state index >= 15 is 0 Å². The van der Waals surface area contributed by atoms with E-state index in [9.17, 15) is 4.79 Å². The van der Waals surface area contributed by atoms with Crippen LogP contribution in [0.5, 0.6) is 0 Å². The molecule has 0 fully saturated rings. The van der Waals surface area contributed by atoms with Gasteiger partial charge in [0.2, 0.25) is 5.91 Å². The normalized spacial score (nSPS) is 10.4. The van der Waals surface area contributed by atoms with Gasteiger partial charge in [-0.2, -0.15) is 16.9 Å². The molecule has 0 radical (unpaired) electrons. The summed E-state index contributed by atoms with van der Waals surface area (Å²) in [4.78, 5) is 13.7. The van der Waals surface area contributed by atoms with Gasteiger partial charge in [-0.1, -0.05) is 12.1 Å². The fourth-order valence-corrected chi connectivity index (χ4v) is 2.28. The minimum absolute atomic E-state index is 0.00722. The maximum Gasteiger partial charge on any atom is 0.235 e. The van der Waals surface area contributed by atoms with Crippen molar-refractivity contribution in [2.45, 2.75) is 6.54 Å². The van der Waals surface area contributed by atoms with Crippen LogP contribution in [0.2, 0.25) is 0 Å². The summed E-state index contributed by atoms with van der Waals surface area (Å²) < 4.78 is 1.79. The van der Waals surface area contributed by atoms with E-state index in [1.165, 1.54) is 11.8 Å². The Morgan fingerprint density at radius 1 is 1.29 bits per heavy atom. The number of carbonyl (C=O) groups is 1. The molecule has 0 saturated carbocycles. The van der Waals surface area contributed by atoms with Crippen molar-refractivity contribution in [2.75, 3.05) is 36.3 Å². The monoisotopic (exact) mass is 304 g/mol. The number of nitrogens with zero attached hydrogens (tertiary/aromatic N) is 3. The molecule has 6 heteroatoms. The Balaban J connectivity index is 2.06. The standard InChI is InChI=1S/C15H20N4OS/c1-18(2)13-6-4-12(5-7-13)10-19-14(8-9-16-19)17-15(20)11-21-3/h4-9H,10-11H2,1-3H3,(H,17,20). The fraction of sp³-hybridized carbons (Fsp3) is 0.333. The molecule has 1 N–H and O–H groups in total. The van der Waals surface area contributed by atoms with Crippen LogP contribution in [0.15, 0.2) is 36.5 Å². The molecule has 0 saturated heterocycles. The van der Waals surface area contributed by atoms with Crippen LogP contribution >= 0.6 is 11.8 Å². The van der Waals surface area contributed by atoms with Gasteiger partial charge in [0.1, 0.15) is 5.82 Å². The smallest absolute Gasteiger partial charge is 0.235 e. The van der Waals surface area contributed by atoms with E-state index in [-0.39, 0.29) is 5.91 Å². The molecule has 0 aliphatic carbocycles. The Morgan fingerprint density at radius 2 is 2.00 bits per heavy atom. The lowest BCUT2D eigenvalue weighted by Crippen LogP contribution is -2.17. The van der Waals surface area contributed by atoms with Crippen LogP contribution in [0.25, 0.3) is 0 Å². The van der Waals surface area contributed by atoms with Crippen LogP contribution in [-0.4, -0.2) is 41.8 Å². The summed E-state index contributed by atoms with van der Waals surface area (Å²) in [7, 11) is 4.03. The second-order valence-corrected chi connectivity index (χ2v) is 5.78. The van der Waals surface area contributed by atoms with Gasteiger partial charge in [0.15, 0.2) is 0 Å². The van der Waals surface area contributed by atoms with Crippen LogP contribution in [-0.2, 0) is 11.3 Å². The van der Waals surface area contributed by atoms with Crippen molar-refractivity contribution in [3.8, 4) is 0 Å². The number of amides is 1. The Morgan fingerprint density at radius 3 is 2.62 bits per heavy atom. The van der Waals surface area contributed by atoms with Crippen LogP contribution in [0.1, 0.15) is 5.56 Å². The van der Waals surface area contributed by atoms with E-state index in [0.29, 0.717) is 12.3 Å². The van der Waals surface area contributed by atoms with Gasteiger partial charge < -0.3 is 10.2 Å². The highest BCUT2D eigenvalue weighted by Gasteiger charge is 2.07. The third kappa shape index (κ3) is 4.26. The maximum absolute atomic E-state index is 11.7. The zero-order valence-corrected chi connectivity index (χ0v) is 13.4. The van der Waals surface area contributed by atoms with Crippen molar-refractivity contribution in [3.05, 3.63) is 42.1 Å². The van der Waals surface area contributed by atoms with Gasteiger partial charge in [0.05, 0.1) is 18.5 Å². The van der Waals surface area contributed by atoms with E-state index in [4.69, 9.17) is 0 Å². The average Bonchev–Trinajstić information content (AvgIpc) is 2.87. The van der Waals surface area contributed by atoms with E-state index in [0.717, 1.165) is 17.1 Å². The summed E-state index contributed by atoms with van der Waals surface area (Å²) in [5, 5.41) is 7.14.